The van der Waals surface area contributed by atoms with E-state index in [1.807, 2.05) is 38.1 Å². The molecule has 0 aliphatic heterocycles. The minimum Gasteiger partial charge on any atom is -0.454 e. The van der Waals surface area contributed by atoms with Gasteiger partial charge in [0.2, 0.25) is 0 Å². The number of hydrogen-bond donors (Lipinski definition) is 1. The highest BCUT2D eigenvalue weighted by Crippen LogP contribution is 2.25. The Morgan fingerprint density at radius 2 is 1.40 bits per heavy atom. The van der Waals surface area contributed by atoms with Crippen LogP contribution < -0.4 is 9.46 Å². The van der Waals surface area contributed by atoms with E-state index in [0.717, 1.165) is 11.3 Å². The molecular weight excluding hydrogens is 398 g/mol. The van der Waals surface area contributed by atoms with Gasteiger partial charge in [-0.2, -0.15) is 5.10 Å². The van der Waals surface area contributed by atoms with E-state index in [-0.39, 0.29) is 4.90 Å². The van der Waals surface area contributed by atoms with Gasteiger partial charge in [-0.15, -0.1) is 0 Å². The monoisotopic (exact) mass is 419 g/mol. The molecule has 1 N–H and O–H groups in total. The van der Waals surface area contributed by atoms with Crippen LogP contribution in [0.15, 0.2) is 90.1 Å². The Labute approximate surface area is 175 Å². The van der Waals surface area contributed by atoms with E-state index >= 15 is 0 Å². The number of ether oxygens (including phenoxy) is 1. The molecule has 0 aliphatic rings. The summed E-state index contributed by atoms with van der Waals surface area (Å²) < 4.78 is 35.1. The lowest BCUT2D eigenvalue weighted by Crippen LogP contribution is -2.12. The maximum Gasteiger partial charge on any atom is 0.261 e. The Morgan fingerprint density at radius 3 is 2.03 bits per heavy atom. The van der Waals surface area contributed by atoms with Crippen molar-refractivity contribution in [3.8, 4) is 17.2 Å². The molecule has 0 saturated heterocycles. The quantitative estimate of drug-likeness (QED) is 0.473. The first-order chi connectivity index (χ1) is 14.4. The van der Waals surface area contributed by atoms with E-state index in [1.165, 1.54) is 5.56 Å². The summed E-state index contributed by atoms with van der Waals surface area (Å²) >= 11 is 0. The van der Waals surface area contributed by atoms with E-state index in [0.29, 0.717) is 17.2 Å². The fraction of sp³-hybridized carbons (Fsp3) is 0.0870. The Bertz CT molecular complexity index is 1240. The van der Waals surface area contributed by atoms with Gasteiger partial charge in [-0.25, -0.2) is 13.1 Å². The van der Waals surface area contributed by atoms with Crippen LogP contribution in [0.5, 0.6) is 11.5 Å². The van der Waals surface area contributed by atoms with Crippen LogP contribution >= 0.6 is 0 Å². The van der Waals surface area contributed by atoms with Crippen LogP contribution in [0.25, 0.3) is 5.69 Å². The third-order valence-corrected chi connectivity index (χ3v) is 5.93. The largest absolute Gasteiger partial charge is 0.454 e. The molecule has 3 aromatic carbocycles. The molecule has 0 amide bonds. The van der Waals surface area contributed by atoms with E-state index in [1.54, 1.807) is 65.6 Å². The third-order valence-electron chi connectivity index (χ3n) is 4.53. The van der Waals surface area contributed by atoms with Crippen molar-refractivity contribution < 1.29 is 13.2 Å². The molecule has 0 aliphatic carbocycles. The van der Waals surface area contributed by atoms with Crippen LogP contribution in [0.3, 0.4) is 0 Å². The summed E-state index contributed by atoms with van der Waals surface area (Å²) in [5.41, 5.74) is 3.58. The highest BCUT2D eigenvalue weighted by atomic mass is 32.2. The fourth-order valence-electron chi connectivity index (χ4n) is 2.86. The van der Waals surface area contributed by atoms with Crippen molar-refractivity contribution in [3.05, 3.63) is 96.3 Å². The maximum absolute atomic E-state index is 12.5. The Hall–Kier alpha value is -3.58. The summed E-state index contributed by atoms with van der Waals surface area (Å²) in [6, 6.07) is 21.4. The van der Waals surface area contributed by atoms with Gasteiger partial charge in [0.15, 0.2) is 5.75 Å². The summed E-state index contributed by atoms with van der Waals surface area (Å²) in [4.78, 5) is 0.219. The van der Waals surface area contributed by atoms with Crippen LogP contribution in [-0.2, 0) is 10.0 Å². The first-order valence-corrected chi connectivity index (χ1v) is 10.9. The number of anilines is 1. The van der Waals surface area contributed by atoms with Crippen molar-refractivity contribution in [2.75, 3.05) is 4.72 Å². The normalized spacial score (nSPS) is 11.3. The van der Waals surface area contributed by atoms with Crippen LogP contribution in [0.4, 0.5) is 5.69 Å². The van der Waals surface area contributed by atoms with Crippen LogP contribution in [0.1, 0.15) is 11.1 Å². The third kappa shape index (κ3) is 4.52. The summed E-state index contributed by atoms with van der Waals surface area (Å²) in [6.07, 6.45) is 3.42. The van der Waals surface area contributed by atoms with Crippen molar-refractivity contribution in [1.29, 1.82) is 0 Å². The number of aryl methyl sites for hydroxylation is 2. The van der Waals surface area contributed by atoms with Crippen molar-refractivity contribution in [2.24, 2.45) is 0 Å². The topological polar surface area (TPSA) is 73.2 Å². The predicted molar refractivity (Wildman–Crippen MR) is 117 cm³/mol. The molecule has 0 unspecified atom stereocenters. The summed E-state index contributed by atoms with van der Waals surface area (Å²) in [7, 11) is -3.64. The molecule has 0 spiro atoms. The summed E-state index contributed by atoms with van der Waals surface area (Å²) in [5, 5.41) is 4.32. The van der Waals surface area contributed by atoms with Crippen molar-refractivity contribution in [3.63, 3.8) is 0 Å². The number of sulfonamides is 1. The molecule has 0 saturated carbocycles. The van der Waals surface area contributed by atoms with Gasteiger partial charge in [-0.1, -0.05) is 35.4 Å². The van der Waals surface area contributed by atoms with Crippen molar-refractivity contribution >= 4 is 15.7 Å². The second-order valence-corrected chi connectivity index (χ2v) is 8.68. The number of aromatic nitrogens is 2. The number of nitrogens with one attached hydrogen (secondary N) is 1. The molecule has 4 aromatic rings. The van der Waals surface area contributed by atoms with Crippen LogP contribution in [-0.4, -0.2) is 18.2 Å². The van der Waals surface area contributed by atoms with Crippen molar-refractivity contribution in [2.45, 2.75) is 18.7 Å². The smallest absolute Gasteiger partial charge is 0.261 e. The SMILES string of the molecule is Cc1ccc(-n2cc(Oc3ccc(NS(=O)(=O)c4ccc(C)cc4)cc3)cn2)cc1. The molecule has 0 fully saturated rings. The lowest BCUT2D eigenvalue weighted by atomic mass is 10.2. The second-order valence-electron chi connectivity index (χ2n) is 7.00. The van der Waals surface area contributed by atoms with Crippen LogP contribution in [0, 0.1) is 13.8 Å². The van der Waals surface area contributed by atoms with Gasteiger partial charge in [0.1, 0.15) is 5.75 Å². The Balaban J connectivity index is 1.44. The van der Waals surface area contributed by atoms with Gasteiger partial charge >= 0.3 is 0 Å². The maximum atomic E-state index is 12.5. The molecule has 0 radical (unpaired) electrons. The number of hydrogen-bond acceptors (Lipinski definition) is 4. The predicted octanol–water partition coefficient (Wildman–Crippen LogP) is 5.08. The minimum absolute atomic E-state index is 0.219. The molecule has 6 nitrogen and oxygen atoms in total. The zero-order valence-electron chi connectivity index (χ0n) is 16.6. The lowest BCUT2D eigenvalue weighted by molar-refractivity contribution is 0.482. The highest BCUT2D eigenvalue weighted by molar-refractivity contribution is 7.92. The van der Waals surface area contributed by atoms with Gasteiger partial charge in [0, 0.05) is 5.69 Å². The molecule has 0 atom stereocenters. The molecule has 1 heterocycles. The zero-order chi connectivity index (χ0) is 21.1. The molecule has 30 heavy (non-hydrogen) atoms. The summed E-state index contributed by atoms with van der Waals surface area (Å²) in [6.45, 7) is 3.94. The molecular formula is C23H21N3O3S. The average molecular weight is 420 g/mol. The highest BCUT2D eigenvalue weighted by Gasteiger charge is 2.14. The number of benzene rings is 3. The van der Waals surface area contributed by atoms with Crippen molar-refractivity contribution in [1.82, 2.24) is 9.78 Å². The van der Waals surface area contributed by atoms with Crippen LogP contribution in [0.2, 0.25) is 0 Å². The molecule has 4 rings (SSSR count). The number of nitrogens with zero attached hydrogens (tertiary/aromatic N) is 2. The molecule has 0 bridgehead atoms. The first-order valence-electron chi connectivity index (χ1n) is 9.38. The van der Waals surface area contributed by atoms with E-state index in [4.69, 9.17) is 4.74 Å². The Morgan fingerprint density at radius 1 is 0.800 bits per heavy atom. The van der Waals surface area contributed by atoms with E-state index < -0.39 is 10.0 Å². The lowest BCUT2D eigenvalue weighted by Gasteiger charge is -2.09. The van der Waals surface area contributed by atoms with Gasteiger partial charge < -0.3 is 4.74 Å². The average Bonchev–Trinajstić information content (AvgIpc) is 3.19. The summed E-state index contributed by atoms with van der Waals surface area (Å²) in [5.74, 6) is 1.17. The van der Waals surface area contributed by atoms with Gasteiger partial charge in [0.05, 0.1) is 23.0 Å². The molecule has 7 heteroatoms. The van der Waals surface area contributed by atoms with Gasteiger partial charge in [-0.3, -0.25) is 4.72 Å². The van der Waals surface area contributed by atoms with E-state index in [9.17, 15) is 8.42 Å². The first kappa shape index (κ1) is 19.7. The number of rotatable bonds is 6. The zero-order valence-corrected chi connectivity index (χ0v) is 17.4. The van der Waals surface area contributed by atoms with Gasteiger partial charge in [-0.05, 0) is 62.4 Å². The van der Waals surface area contributed by atoms with E-state index in [2.05, 4.69) is 9.82 Å². The second kappa shape index (κ2) is 8.04. The standard InChI is InChI=1S/C23H21N3O3S/c1-17-3-9-20(10-4-17)26-16-22(15-24-26)29-21-11-7-19(8-12-21)25-30(27,28)23-13-5-18(2)6-14-23/h3-16,25H,1-2H3. The fourth-order valence-corrected chi connectivity index (χ4v) is 3.91. The molecule has 152 valence electrons. The Kier molecular flexibility index (Phi) is 5.29. The molecule has 1 aromatic heterocycles. The van der Waals surface area contributed by atoms with Gasteiger partial charge in [0.25, 0.3) is 10.0 Å². The minimum atomic E-state index is -3.64.